The molecule has 96 valence electrons. The van der Waals surface area contributed by atoms with Crippen LogP contribution in [0.3, 0.4) is 0 Å². The van der Waals surface area contributed by atoms with Crippen molar-refractivity contribution in [3.63, 3.8) is 0 Å². The maximum atomic E-state index is 9.16. The van der Waals surface area contributed by atoms with Gasteiger partial charge in [0.2, 0.25) is 5.75 Å². The Balaban J connectivity index is 2.84. The molecule has 17 heavy (non-hydrogen) atoms. The zero-order valence-electron chi connectivity index (χ0n) is 10.3. The number of aliphatic hydroxyl groups excluding tert-OH is 1. The third kappa shape index (κ3) is 3.43. The van der Waals surface area contributed by atoms with Crippen LogP contribution < -0.4 is 21.3 Å². The van der Waals surface area contributed by atoms with Crippen LogP contribution in [0.25, 0.3) is 0 Å². The van der Waals surface area contributed by atoms with Crippen LogP contribution in [-0.2, 0) is 0 Å². The number of nitrogens with two attached hydrogens (primary N) is 1. The SMILES string of the molecule is COc1c(NN)ncnc1NCC(C)(C)CO. The molecule has 1 heterocycles. The highest BCUT2D eigenvalue weighted by Gasteiger charge is 2.18. The van der Waals surface area contributed by atoms with Crippen molar-refractivity contribution in [2.75, 3.05) is 31.0 Å². The van der Waals surface area contributed by atoms with Gasteiger partial charge in [-0.3, -0.25) is 0 Å². The van der Waals surface area contributed by atoms with Gasteiger partial charge in [-0.05, 0) is 0 Å². The van der Waals surface area contributed by atoms with Gasteiger partial charge in [-0.25, -0.2) is 15.8 Å². The minimum absolute atomic E-state index is 0.0788. The summed E-state index contributed by atoms with van der Waals surface area (Å²) in [5.74, 6) is 6.71. The first-order chi connectivity index (χ1) is 8.04. The molecule has 5 N–H and O–H groups in total. The lowest BCUT2D eigenvalue weighted by molar-refractivity contribution is 0.170. The average molecular weight is 241 g/mol. The predicted octanol–water partition coefficient (Wildman–Crippen LogP) is 0.201. The number of ether oxygens (including phenoxy) is 1. The van der Waals surface area contributed by atoms with E-state index in [1.54, 1.807) is 0 Å². The summed E-state index contributed by atoms with van der Waals surface area (Å²) in [5.41, 5.74) is 2.19. The molecule has 0 saturated heterocycles. The van der Waals surface area contributed by atoms with Gasteiger partial charge < -0.3 is 20.6 Å². The molecule has 0 aliphatic rings. The third-order valence-electron chi connectivity index (χ3n) is 2.31. The van der Waals surface area contributed by atoms with Gasteiger partial charge in [0.05, 0.1) is 7.11 Å². The summed E-state index contributed by atoms with van der Waals surface area (Å²) < 4.78 is 5.17. The van der Waals surface area contributed by atoms with E-state index in [4.69, 9.17) is 15.7 Å². The van der Waals surface area contributed by atoms with Crippen LogP contribution in [0, 0.1) is 5.41 Å². The van der Waals surface area contributed by atoms with Crippen LogP contribution in [0.1, 0.15) is 13.8 Å². The maximum absolute atomic E-state index is 9.16. The number of hydrazine groups is 1. The van der Waals surface area contributed by atoms with Gasteiger partial charge >= 0.3 is 0 Å². The number of aliphatic hydroxyl groups is 1. The highest BCUT2D eigenvalue weighted by molar-refractivity contribution is 5.63. The lowest BCUT2D eigenvalue weighted by atomic mass is 9.95. The summed E-state index contributed by atoms with van der Waals surface area (Å²) in [6.07, 6.45) is 1.38. The maximum Gasteiger partial charge on any atom is 0.205 e. The van der Waals surface area contributed by atoms with Gasteiger partial charge in [-0.2, -0.15) is 0 Å². The number of methoxy groups -OCH3 is 1. The number of nitrogen functional groups attached to an aromatic ring is 1. The largest absolute Gasteiger partial charge is 0.490 e. The fourth-order valence-electron chi connectivity index (χ4n) is 1.17. The van der Waals surface area contributed by atoms with E-state index in [9.17, 15) is 0 Å². The summed E-state index contributed by atoms with van der Waals surface area (Å²) in [6, 6.07) is 0. The quantitative estimate of drug-likeness (QED) is 0.416. The zero-order valence-corrected chi connectivity index (χ0v) is 10.3. The summed E-state index contributed by atoms with van der Waals surface area (Å²) in [4.78, 5) is 8.00. The molecule has 0 spiro atoms. The molecule has 0 atom stereocenters. The monoisotopic (exact) mass is 241 g/mol. The molecule has 0 aliphatic heterocycles. The van der Waals surface area contributed by atoms with Gasteiger partial charge in [0.15, 0.2) is 11.6 Å². The Labute approximate surface area is 100 Å². The van der Waals surface area contributed by atoms with Crippen LogP contribution >= 0.6 is 0 Å². The summed E-state index contributed by atoms with van der Waals surface area (Å²) >= 11 is 0. The fraction of sp³-hybridized carbons (Fsp3) is 0.600. The molecular formula is C10H19N5O2. The average Bonchev–Trinajstić information content (AvgIpc) is 2.35. The van der Waals surface area contributed by atoms with Crippen molar-refractivity contribution in [2.45, 2.75) is 13.8 Å². The molecule has 0 unspecified atom stereocenters. The van der Waals surface area contributed by atoms with Crippen molar-refractivity contribution in [1.29, 1.82) is 0 Å². The third-order valence-corrected chi connectivity index (χ3v) is 2.31. The number of anilines is 2. The molecule has 7 heteroatoms. The number of aromatic nitrogens is 2. The molecule has 0 aliphatic carbocycles. The second kappa shape index (κ2) is 5.65. The van der Waals surface area contributed by atoms with Crippen molar-refractivity contribution < 1.29 is 9.84 Å². The summed E-state index contributed by atoms with van der Waals surface area (Å²) in [6.45, 7) is 4.52. The Morgan fingerprint density at radius 2 is 2.06 bits per heavy atom. The molecule has 0 aromatic carbocycles. The highest BCUT2D eigenvalue weighted by Crippen LogP contribution is 2.28. The lowest BCUT2D eigenvalue weighted by Gasteiger charge is -2.23. The second-order valence-electron chi connectivity index (χ2n) is 4.42. The van der Waals surface area contributed by atoms with Crippen LogP contribution in [0.4, 0.5) is 11.6 Å². The van der Waals surface area contributed by atoms with E-state index >= 15 is 0 Å². The van der Waals surface area contributed by atoms with Gasteiger partial charge in [-0.15, -0.1) is 0 Å². The first-order valence-electron chi connectivity index (χ1n) is 5.24. The van der Waals surface area contributed by atoms with E-state index in [2.05, 4.69) is 20.7 Å². The van der Waals surface area contributed by atoms with Gasteiger partial charge in [0, 0.05) is 18.6 Å². The first kappa shape index (κ1) is 13.5. The minimum atomic E-state index is -0.244. The Kier molecular flexibility index (Phi) is 4.47. The number of hydrogen-bond donors (Lipinski definition) is 4. The standard InChI is InChI=1S/C10H19N5O2/c1-10(2,5-16)4-12-8-7(17-3)9(15-11)14-6-13-8/h6,16H,4-5,11H2,1-3H3,(H2,12,13,14,15). The van der Waals surface area contributed by atoms with Crippen LogP contribution in [-0.4, -0.2) is 35.3 Å². The summed E-state index contributed by atoms with van der Waals surface area (Å²) in [7, 11) is 1.52. The molecule has 1 rings (SSSR count). The molecule has 7 nitrogen and oxygen atoms in total. The van der Waals surface area contributed by atoms with Crippen LogP contribution in [0.5, 0.6) is 5.75 Å². The Morgan fingerprint density at radius 1 is 1.41 bits per heavy atom. The fourth-order valence-corrected chi connectivity index (χ4v) is 1.17. The second-order valence-corrected chi connectivity index (χ2v) is 4.42. The minimum Gasteiger partial charge on any atom is -0.490 e. The van der Waals surface area contributed by atoms with Crippen molar-refractivity contribution >= 4 is 11.6 Å². The van der Waals surface area contributed by atoms with E-state index in [0.717, 1.165) is 0 Å². The van der Waals surface area contributed by atoms with Crippen molar-refractivity contribution in [2.24, 2.45) is 11.3 Å². The first-order valence-corrected chi connectivity index (χ1v) is 5.24. The molecule has 0 radical (unpaired) electrons. The Morgan fingerprint density at radius 3 is 2.59 bits per heavy atom. The van der Waals surface area contributed by atoms with Gasteiger partial charge in [-0.1, -0.05) is 13.8 Å². The Bertz CT molecular complexity index is 370. The molecule has 1 aromatic rings. The van der Waals surface area contributed by atoms with Gasteiger partial charge in [0.1, 0.15) is 6.33 Å². The molecule has 1 aromatic heterocycles. The number of nitrogens with one attached hydrogen (secondary N) is 2. The molecule has 0 bridgehead atoms. The zero-order chi connectivity index (χ0) is 12.9. The van der Waals surface area contributed by atoms with Crippen LogP contribution in [0.15, 0.2) is 6.33 Å². The number of nitrogens with zero attached hydrogens (tertiary/aromatic N) is 2. The van der Waals surface area contributed by atoms with Crippen molar-refractivity contribution in [1.82, 2.24) is 9.97 Å². The van der Waals surface area contributed by atoms with E-state index in [-0.39, 0.29) is 12.0 Å². The van der Waals surface area contributed by atoms with Crippen LogP contribution in [0.2, 0.25) is 0 Å². The number of rotatable bonds is 6. The predicted molar refractivity (Wildman–Crippen MR) is 65.8 cm³/mol. The van der Waals surface area contributed by atoms with Crippen molar-refractivity contribution in [3.05, 3.63) is 6.33 Å². The molecule has 0 saturated carbocycles. The normalized spacial score (nSPS) is 11.1. The molecular weight excluding hydrogens is 222 g/mol. The van der Waals surface area contributed by atoms with Crippen molar-refractivity contribution in [3.8, 4) is 5.75 Å². The lowest BCUT2D eigenvalue weighted by Crippen LogP contribution is -2.27. The number of hydrogen-bond acceptors (Lipinski definition) is 7. The molecule has 0 amide bonds. The van der Waals surface area contributed by atoms with E-state index in [0.29, 0.717) is 23.9 Å². The summed E-state index contributed by atoms with van der Waals surface area (Å²) in [5, 5.41) is 12.3. The van der Waals surface area contributed by atoms with E-state index in [1.165, 1.54) is 13.4 Å². The smallest absolute Gasteiger partial charge is 0.205 e. The topological polar surface area (TPSA) is 105 Å². The van der Waals surface area contributed by atoms with E-state index < -0.39 is 0 Å². The van der Waals surface area contributed by atoms with Gasteiger partial charge in [0.25, 0.3) is 0 Å². The van der Waals surface area contributed by atoms with E-state index in [1.807, 2.05) is 13.8 Å². The Hall–Kier alpha value is -1.60. The highest BCUT2D eigenvalue weighted by atomic mass is 16.5. The molecule has 0 fully saturated rings.